The Kier molecular flexibility index (Phi) is 3.85. The topological polar surface area (TPSA) is 64.4 Å². The second-order valence-corrected chi connectivity index (χ2v) is 4.21. The first-order valence-electron chi connectivity index (χ1n) is 6.10. The Morgan fingerprint density at radius 3 is 2.89 bits per heavy atom. The molecule has 1 aromatic heterocycles. The number of ether oxygens (including phenoxy) is 1. The molecule has 0 aliphatic heterocycles. The van der Waals surface area contributed by atoms with Gasteiger partial charge in [-0.2, -0.15) is 5.10 Å². The molecule has 1 N–H and O–H groups in total. The Hall–Kier alpha value is -2.30. The van der Waals surface area contributed by atoms with Gasteiger partial charge in [-0.25, -0.2) is 4.79 Å². The summed E-state index contributed by atoms with van der Waals surface area (Å²) in [5, 5.41) is 13.3. The first-order chi connectivity index (χ1) is 9.15. The van der Waals surface area contributed by atoms with E-state index in [2.05, 4.69) is 12.0 Å². The van der Waals surface area contributed by atoms with E-state index in [1.807, 2.05) is 10.9 Å². The van der Waals surface area contributed by atoms with Gasteiger partial charge in [-0.15, -0.1) is 0 Å². The molecule has 0 atom stereocenters. The van der Waals surface area contributed by atoms with Gasteiger partial charge >= 0.3 is 5.97 Å². The molecule has 0 saturated carbocycles. The van der Waals surface area contributed by atoms with Crippen LogP contribution >= 0.6 is 0 Å². The molecule has 0 spiro atoms. The number of methoxy groups -OCH3 is 1. The van der Waals surface area contributed by atoms with E-state index in [1.165, 1.54) is 6.07 Å². The third kappa shape index (κ3) is 2.76. The van der Waals surface area contributed by atoms with Crippen molar-refractivity contribution in [2.75, 3.05) is 7.11 Å². The molecule has 0 fully saturated rings. The van der Waals surface area contributed by atoms with Crippen LogP contribution in [0.1, 0.15) is 23.7 Å². The highest BCUT2D eigenvalue weighted by molar-refractivity contribution is 5.90. The summed E-state index contributed by atoms with van der Waals surface area (Å²) in [4.78, 5) is 11.0. The number of carbonyl (C=O) groups is 1. The minimum Gasteiger partial charge on any atom is -0.496 e. The highest BCUT2D eigenvalue weighted by Gasteiger charge is 2.12. The number of rotatable bonds is 5. The van der Waals surface area contributed by atoms with Crippen LogP contribution in [0, 0.1) is 0 Å². The molecule has 0 aliphatic carbocycles. The van der Waals surface area contributed by atoms with E-state index in [0.717, 1.165) is 24.1 Å². The van der Waals surface area contributed by atoms with Crippen molar-refractivity contribution >= 4 is 5.97 Å². The van der Waals surface area contributed by atoms with Crippen molar-refractivity contribution < 1.29 is 14.6 Å². The van der Waals surface area contributed by atoms with Crippen molar-refractivity contribution in [1.29, 1.82) is 0 Å². The van der Waals surface area contributed by atoms with E-state index in [-0.39, 0.29) is 5.56 Å². The van der Waals surface area contributed by atoms with Crippen molar-refractivity contribution in [1.82, 2.24) is 9.78 Å². The predicted octanol–water partition coefficient (Wildman–Crippen LogP) is 2.67. The van der Waals surface area contributed by atoms with Crippen molar-refractivity contribution in [2.45, 2.75) is 19.9 Å². The number of hydrogen-bond donors (Lipinski definition) is 1. The average molecular weight is 260 g/mol. The maximum Gasteiger partial charge on any atom is 0.335 e. The van der Waals surface area contributed by atoms with Crippen LogP contribution in [0.3, 0.4) is 0 Å². The summed E-state index contributed by atoms with van der Waals surface area (Å²) < 4.78 is 7.11. The fourth-order valence-corrected chi connectivity index (χ4v) is 1.92. The first kappa shape index (κ1) is 13.1. The van der Waals surface area contributed by atoms with Gasteiger partial charge in [-0.3, -0.25) is 4.68 Å². The zero-order valence-corrected chi connectivity index (χ0v) is 11.0. The zero-order chi connectivity index (χ0) is 13.8. The molecule has 0 aliphatic rings. The van der Waals surface area contributed by atoms with Crippen molar-refractivity contribution in [2.24, 2.45) is 0 Å². The van der Waals surface area contributed by atoms with Crippen LogP contribution in [0.5, 0.6) is 5.75 Å². The minimum absolute atomic E-state index is 0.235. The van der Waals surface area contributed by atoms with Gasteiger partial charge in [0.1, 0.15) is 5.75 Å². The molecule has 100 valence electrons. The van der Waals surface area contributed by atoms with Gasteiger partial charge in [0.05, 0.1) is 18.9 Å². The lowest BCUT2D eigenvalue weighted by atomic mass is 10.0. The Morgan fingerprint density at radius 1 is 1.47 bits per heavy atom. The SMILES string of the molecule is CCCn1cc(-c2cc(C(=O)O)ccc2OC)cn1. The summed E-state index contributed by atoms with van der Waals surface area (Å²) in [5.74, 6) is -0.314. The first-order valence-corrected chi connectivity index (χ1v) is 6.10. The molecule has 0 saturated heterocycles. The van der Waals surface area contributed by atoms with Gasteiger partial charge in [0.2, 0.25) is 0 Å². The third-order valence-corrected chi connectivity index (χ3v) is 2.84. The van der Waals surface area contributed by atoms with Crippen LogP contribution in [-0.2, 0) is 6.54 Å². The molecule has 0 unspecified atom stereocenters. The summed E-state index contributed by atoms with van der Waals surface area (Å²) in [6, 6.07) is 4.80. The van der Waals surface area contributed by atoms with Gasteiger partial charge in [0.25, 0.3) is 0 Å². The molecule has 19 heavy (non-hydrogen) atoms. The highest BCUT2D eigenvalue weighted by atomic mass is 16.5. The highest BCUT2D eigenvalue weighted by Crippen LogP contribution is 2.30. The number of benzene rings is 1. The smallest absolute Gasteiger partial charge is 0.335 e. The fraction of sp³-hybridized carbons (Fsp3) is 0.286. The molecule has 5 heteroatoms. The van der Waals surface area contributed by atoms with E-state index in [4.69, 9.17) is 9.84 Å². The van der Waals surface area contributed by atoms with Crippen molar-refractivity contribution in [3.05, 3.63) is 36.2 Å². The van der Waals surface area contributed by atoms with E-state index >= 15 is 0 Å². The number of aromatic nitrogens is 2. The summed E-state index contributed by atoms with van der Waals surface area (Å²) in [7, 11) is 1.57. The van der Waals surface area contributed by atoms with Crippen molar-refractivity contribution in [3.63, 3.8) is 0 Å². The number of carboxylic acids is 1. The monoisotopic (exact) mass is 260 g/mol. The lowest BCUT2D eigenvalue weighted by molar-refractivity contribution is 0.0697. The Labute approximate surface area is 111 Å². The number of carboxylic acid groups (broad SMARTS) is 1. The molecule has 1 heterocycles. The molecule has 2 rings (SSSR count). The van der Waals surface area contributed by atoms with E-state index < -0.39 is 5.97 Å². The second kappa shape index (κ2) is 5.56. The second-order valence-electron chi connectivity index (χ2n) is 4.21. The molecule has 0 bridgehead atoms. The maximum atomic E-state index is 11.0. The molecule has 5 nitrogen and oxygen atoms in total. The molecule has 1 aromatic carbocycles. The summed E-state index contributed by atoms with van der Waals surface area (Å²) in [6.07, 6.45) is 4.61. The summed E-state index contributed by atoms with van der Waals surface area (Å²) in [5.41, 5.74) is 1.83. The maximum absolute atomic E-state index is 11.0. The van der Waals surface area contributed by atoms with E-state index in [0.29, 0.717) is 5.75 Å². The van der Waals surface area contributed by atoms with Crippen LogP contribution in [-0.4, -0.2) is 28.0 Å². The standard InChI is InChI=1S/C14H16N2O3/c1-3-6-16-9-11(8-15-16)12-7-10(14(17)18)4-5-13(12)19-2/h4-5,7-9H,3,6H2,1-2H3,(H,17,18). The summed E-state index contributed by atoms with van der Waals surface area (Å²) >= 11 is 0. The van der Waals surface area contributed by atoms with Crippen LogP contribution in [0.25, 0.3) is 11.1 Å². The normalized spacial score (nSPS) is 10.4. The molecule has 2 aromatic rings. The average Bonchev–Trinajstić information content (AvgIpc) is 2.87. The fourth-order valence-electron chi connectivity index (χ4n) is 1.92. The van der Waals surface area contributed by atoms with Crippen molar-refractivity contribution in [3.8, 4) is 16.9 Å². The van der Waals surface area contributed by atoms with Crippen LogP contribution in [0.2, 0.25) is 0 Å². The van der Waals surface area contributed by atoms with Gasteiger partial charge in [-0.1, -0.05) is 6.92 Å². The summed E-state index contributed by atoms with van der Waals surface area (Å²) in [6.45, 7) is 2.91. The molecular formula is C14H16N2O3. The number of hydrogen-bond acceptors (Lipinski definition) is 3. The van der Waals surface area contributed by atoms with Crippen LogP contribution in [0.15, 0.2) is 30.6 Å². The lowest BCUT2D eigenvalue weighted by Crippen LogP contribution is -1.98. The van der Waals surface area contributed by atoms with Gasteiger partial charge in [-0.05, 0) is 24.6 Å². The number of nitrogens with zero attached hydrogens (tertiary/aromatic N) is 2. The van der Waals surface area contributed by atoms with Gasteiger partial charge in [0, 0.05) is 23.9 Å². The Morgan fingerprint density at radius 2 is 2.26 bits per heavy atom. The van der Waals surface area contributed by atoms with Crippen LogP contribution in [0.4, 0.5) is 0 Å². The lowest BCUT2D eigenvalue weighted by Gasteiger charge is -2.07. The number of aryl methyl sites for hydroxylation is 1. The Bertz CT molecular complexity index is 590. The van der Waals surface area contributed by atoms with E-state index in [9.17, 15) is 4.79 Å². The van der Waals surface area contributed by atoms with Gasteiger partial charge in [0.15, 0.2) is 0 Å². The quantitative estimate of drug-likeness (QED) is 0.897. The molecule has 0 radical (unpaired) electrons. The van der Waals surface area contributed by atoms with E-state index in [1.54, 1.807) is 25.4 Å². The zero-order valence-electron chi connectivity index (χ0n) is 11.0. The predicted molar refractivity (Wildman–Crippen MR) is 71.5 cm³/mol. The molecule has 0 amide bonds. The largest absolute Gasteiger partial charge is 0.496 e. The Balaban J connectivity index is 2.45. The minimum atomic E-state index is -0.954. The molecular weight excluding hydrogens is 244 g/mol. The third-order valence-electron chi connectivity index (χ3n) is 2.84. The van der Waals surface area contributed by atoms with Crippen LogP contribution < -0.4 is 4.74 Å². The number of aromatic carboxylic acids is 1. The van der Waals surface area contributed by atoms with Gasteiger partial charge < -0.3 is 9.84 Å².